The lowest BCUT2D eigenvalue weighted by Crippen LogP contribution is -2.46. The Balaban J connectivity index is 0.000000151. The fourth-order valence-corrected chi connectivity index (χ4v) is 9.01. The molecule has 0 radical (unpaired) electrons. The van der Waals surface area contributed by atoms with Crippen LogP contribution >= 0.6 is 11.6 Å². The van der Waals surface area contributed by atoms with E-state index in [1.165, 1.54) is 107 Å². The molecule has 10 nitrogen and oxygen atoms in total. The van der Waals surface area contributed by atoms with E-state index >= 15 is 0 Å². The van der Waals surface area contributed by atoms with Crippen LogP contribution in [0.3, 0.4) is 0 Å². The van der Waals surface area contributed by atoms with Gasteiger partial charge in [0, 0.05) is 72.6 Å². The molecule has 6 aromatic carbocycles. The second kappa shape index (κ2) is 20.3. The second-order valence-corrected chi connectivity index (χ2v) is 16.6. The molecule has 344 valence electrons. The number of benzene rings is 6. The minimum atomic E-state index is -0.638. The molecule has 67 heavy (non-hydrogen) atoms. The van der Waals surface area contributed by atoms with Crippen LogP contribution in [0.2, 0.25) is 0 Å². The predicted octanol–water partition coefficient (Wildman–Crippen LogP) is 10.1. The first-order valence-electron chi connectivity index (χ1n) is 21.7. The number of esters is 2. The molecule has 0 bridgehead atoms. The molecule has 0 unspecified atom stereocenters. The average Bonchev–Trinajstić information content (AvgIpc) is 3.78. The van der Waals surface area contributed by atoms with Gasteiger partial charge in [0.05, 0.1) is 17.7 Å². The fraction of sp³-hybridized carbons (Fsp3) is 0.231. The maximum atomic E-state index is 13.5. The first kappa shape index (κ1) is 46.7. The van der Waals surface area contributed by atoms with Gasteiger partial charge in [0.1, 0.15) is 40.4 Å². The summed E-state index contributed by atoms with van der Waals surface area (Å²) < 4.78 is 64.1. The van der Waals surface area contributed by atoms with Crippen molar-refractivity contribution in [3.8, 4) is 0 Å². The first-order valence-corrected chi connectivity index (χ1v) is 22.2. The Morgan fingerprint density at radius 2 is 0.866 bits per heavy atom. The SMILES string of the molecule is O=C(CCl)N(c1ccc(F)cc1)c1ccc(F)cc1.O=C1OC2(CCN(CC(=O)N(c3ccc(F)cc3)c3ccc(F)cc3)CC2)c2ccccc21.O=C1OC2(CCNCC2)c2ccccc21. The number of alkyl halides is 1. The van der Waals surface area contributed by atoms with Gasteiger partial charge in [0.25, 0.3) is 0 Å². The summed E-state index contributed by atoms with van der Waals surface area (Å²) in [6.45, 7) is 3.12. The van der Waals surface area contributed by atoms with Crippen LogP contribution in [0.5, 0.6) is 0 Å². The molecule has 2 saturated heterocycles. The lowest BCUT2D eigenvalue weighted by atomic mass is 9.84. The number of carbonyl (C=O) groups is 4. The van der Waals surface area contributed by atoms with Crippen LogP contribution in [-0.4, -0.2) is 67.3 Å². The molecule has 2 fully saturated rings. The maximum Gasteiger partial charge on any atom is 0.339 e. The second-order valence-electron chi connectivity index (χ2n) is 16.4. The van der Waals surface area contributed by atoms with Crippen LogP contribution in [0.15, 0.2) is 146 Å². The minimum absolute atomic E-state index is 0.125. The summed E-state index contributed by atoms with van der Waals surface area (Å²) >= 11 is 5.57. The van der Waals surface area contributed by atoms with Crippen molar-refractivity contribution >= 4 is 58.1 Å². The van der Waals surface area contributed by atoms with Crippen LogP contribution in [-0.2, 0) is 30.3 Å². The molecule has 2 amide bonds. The van der Waals surface area contributed by atoms with Gasteiger partial charge in [-0.05, 0) is 122 Å². The fourth-order valence-electron chi connectivity index (χ4n) is 8.89. The number of rotatable bonds is 7. The van der Waals surface area contributed by atoms with Gasteiger partial charge in [-0.3, -0.25) is 24.3 Å². The molecule has 6 aromatic rings. The Bertz CT molecular complexity index is 2640. The summed E-state index contributed by atoms with van der Waals surface area (Å²) in [6.07, 6.45) is 2.96. The third kappa shape index (κ3) is 10.3. The zero-order chi connectivity index (χ0) is 47.1. The van der Waals surface area contributed by atoms with Crippen molar-refractivity contribution in [1.82, 2.24) is 10.2 Å². The molecule has 4 aliphatic rings. The molecule has 0 aromatic heterocycles. The van der Waals surface area contributed by atoms with E-state index < -0.39 is 28.9 Å². The molecule has 4 heterocycles. The highest BCUT2D eigenvalue weighted by atomic mass is 35.5. The summed E-state index contributed by atoms with van der Waals surface area (Å²) in [7, 11) is 0. The number of likely N-dealkylation sites (tertiary alicyclic amines) is 1. The van der Waals surface area contributed by atoms with Gasteiger partial charge in [-0.25, -0.2) is 27.2 Å². The van der Waals surface area contributed by atoms with Gasteiger partial charge in [-0.15, -0.1) is 11.6 Å². The topological polar surface area (TPSA) is 108 Å². The Labute approximate surface area is 389 Å². The zero-order valence-electron chi connectivity index (χ0n) is 36.1. The monoisotopic (exact) mass is 932 g/mol. The Hall–Kier alpha value is -6.87. The van der Waals surface area contributed by atoms with Gasteiger partial charge in [0.2, 0.25) is 11.8 Å². The number of piperidine rings is 2. The van der Waals surface area contributed by atoms with Gasteiger partial charge in [0.15, 0.2) is 0 Å². The Kier molecular flexibility index (Phi) is 14.2. The standard InChI is InChI=1S/C26H22F2N2O3.C14H10ClF2NO.C12H13NO2/c27-18-5-9-20(10-6-18)30(21-11-7-19(28)8-12-21)24(31)17-29-15-13-26(14-16-29)23-4-2-1-3-22(23)25(32)33-26;15-9-14(19)18(12-5-1-10(16)2-6-12)13-7-3-11(17)4-8-13;14-11-9-3-1-2-4-10(9)12(15-11)5-7-13-8-6-12/h1-12H,13-17H2;1-8H,9H2;1-4,13H,5-8H2. The van der Waals surface area contributed by atoms with Gasteiger partial charge < -0.3 is 14.8 Å². The third-order valence-corrected chi connectivity index (χ3v) is 12.5. The highest BCUT2D eigenvalue weighted by Crippen LogP contribution is 2.45. The lowest BCUT2D eigenvalue weighted by molar-refractivity contribution is -0.120. The number of ether oxygens (including phenoxy) is 2. The summed E-state index contributed by atoms with van der Waals surface area (Å²) in [5.74, 6) is -2.89. The van der Waals surface area contributed by atoms with E-state index in [1.54, 1.807) is 6.07 Å². The lowest BCUT2D eigenvalue weighted by Gasteiger charge is -2.39. The normalized spacial score (nSPS) is 16.3. The summed E-state index contributed by atoms with van der Waals surface area (Å²) in [5, 5.41) is 3.29. The highest BCUT2D eigenvalue weighted by Gasteiger charge is 2.48. The van der Waals surface area contributed by atoms with Gasteiger partial charge in [-0.2, -0.15) is 0 Å². The number of nitrogens with one attached hydrogen (secondary N) is 1. The smallest absolute Gasteiger partial charge is 0.339 e. The molecule has 10 rings (SSSR count). The first-order chi connectivity index (χ1) is 32.4. The zero-order valence-corrected chi connectivity index (χ0v) is 36.9. The number of amides is 2. The molecule has 15 heteroatoms. The Morgan fingerprint density at radius 3 is 1.24 bits per heavy atom. The van der Waals surface area contributed by atoms with Crippen LogP contribution < -0.4 is 15.1 Å². The largest absolute Gasteiger partial charge is 0.450 e. The van der Waals surface area contributed by atoms with Crippen molar-refractivity contribution in [3.63, 3.8) is 0 Å². The van der Waals surface area contributed by atoms with E-state index in [4.69, 9.17) is 21.1 Å². The molecular formula is C52H45ClF4N4O6. The van der Waals surface area contributed by atoms with E-state index in [0.29, 0.717) is 54.2 Å². The number of anilines is 4. The number of hydrogen-bond acceptors (Lipinski definition) is 8. The molecule has 0 aliphatic carbocycles. The predicted molar refractivity (Wildman–Crippen MR) is 245 cm³/mol. The summed E-state index contributed by atoms with van der Waals surface area (Å²) in [5.41, 5.74) is 4.33. The van der Waals surface area contributed by atoms with Crippen molar-refractivity contribution in [2.24, 2.45) is 0 Å². The number of hydrogen-bond donors (Lipinski definition) is 1. The molecule has 0 atom stereocenters. The average molecular weight is 933 g/mol. The van der Waals surface area contributed by atoms with Gasteiger partial charge >= 0.3 is 11.9 Å². The number of carbonyl (C=O) groups excluding carboxylic acids is 4. The van der Waals surface area contributed by atoms with Crippen LogP contribution in [0.25, 0.3) is 0 Å². The van der Waals surface area contributed by atoms with Crippen LogP contribution in [0.1, 0.15) is 57.5 Å². The third-order valence-electron chi connectivity index (χ3n) is 12.2. The quantitative estimate of drug-likeness (QED) is 0.0958. The minimum Gasteiger partial charge on any atom is -0.450 e. The van der Waals surface area contributed by atoms with Crippen molar-refractivity contribution in [2.45, 2.75) is 36.9 Å². The molecule has 4 aliphatic heterocycles. The van der Waals surface area contributed by atoms with E-state index in [9.17, 15) is 36.7 Å². The van der Waals surface area contributed by atoms with Crippen LogP contribution in [0.4, 0.5) is 40.3 Å². The summed E-state index contributed by atoms with van der Waals surface area (Å²) in [6, 6.07) is 37.3. The van der Waals surface area contributed by atoms with Crippen LogP contribution in [0, 0.1) is 23.3 Å². The van der Waals surface area contributed by atoms with E-state index in [0.717, 1.165) is 42.6 Å². The molecular weight excluding hydrogens is 888 g/mol. The van der Waals surface area contributed by atoms with Crippen molar-refractivity contribution in [2.75, 3.05) is 48.4 Å². The van der Waals surface area contributed by atoms with Crippen molar-refractivity contribution < 1.29 is 46.2 Å². The van der Waals surface area contributed by atoms with E-state index in [-0.39, 0.29) is 41.8 Å². The highest BCUT2D eigenvalue weighted by molar-refractivity contribution is 6.30. The van der Waals surface area contributed by atoms with E-state index in [1.807, 2.05) is 47.4 Å². The van der Waals surface area contributed by atoms with E-state index in [2.05, 4.69) is 5.32 Å². The number of halogens is 5. The molecule has 1 N–H and O–H groups in total. The maximum absolute atomic E-state index is 13.5. The number of fused-ring (bicyclic) bond motifs is 4. The molecule has 2 spiro atoms. The number of nitrogens with zero attached hydrogens (tertiary/aromatic N) is 3. The van der Waals surface area contributed by atoms with Gasteiger partial charge in [-0.1, -0.05) is 36.4 Å². The van der Waals surface area contributed by atoms with Crippen molar-refractivity contribution in [3.05, 3.63) is 191 Å². The molecule has 0 saturated carbocycles. The van der Waals surface area contributed by atoms with Crippen molar-refractivity contribution in [1.29, 1.82) is 0 Å². The summed E-state index contributed by atoms with van der Waals surface area (Å²) in [4.78, 5) is 54.0. The Morgan fingerprint density at radius 1 is 0.522 bits per heavy atom.